The lowest BCUT2D eigenvalue weighted by atomic mass is 10.1. The summed E-state index contributed by atoms with van der Waals surface area (Å²) < 4.78 is 38.7. The molecule has 2 aliphatic rings. The number of sulfonamides is 1. The third-order valence-corrected chi connectivity index (χ3v) is 8.04. The number of carbonyl (C=O) groups is 1. The molecule has 0 bridgehead atoms. The molecule has 1 amide bonds. The number of benzene rings is 2. The predicted molar refractivity (Wildman–Crippen MR) is 128 cm³/mol. The summed E-state index contributed by atoms with van der Waals surface area (Å²) in [5.41, 5.74) is 3.55. The summed E-state index contributed by atoms with van der Waals surface area (Å²) in [4.78, 5) is 15.1. The molecule has 2 heterocycles. The van der Waals surface area contributed by atoms with Crippen LogP contribution in [0.1, 0.15) is 24.0 Å². The van der Waals surface area contributed by atoms with Gasteiger partial charge < -0.3 is 19.7 Å². The smallest absolute Gasteiger partial charge is 0.262 e. The lowest BCUT2D eigenvalue weighted by molar-refractivity contribution is -0.118. The number of nitrogens with one attached hydrogen (secondary N) is 1. The Morgan fingerprint density at radius 1 is 1.00 bits per heavy atom. The lowest BCUT2D eigenvalue weighted by Crippen LogP contribution is -2.40. The molecule has 0 spiro atoms. The van der Waals surface area contributed by atoms with Crippen LogP contribution in [-0.4, -0.2) is 64.6 Å². The van der Waals surface area contributed by atoms with Crippen molar-refractivity contribution < 1.29 is 22.7 Å². The average molecular weight is 474 g/mol. The van der Waals surface area contributed by atoms with E-state index in [-0.39, 0.29) is 17.4 Å². The van der Waals surface area contributed by atoms with Gasteiger partial charge in [-0.05, 0) is 68.1 Å². The number of amides is 1. The molecular formula is C24H31N3O5S. The number of hydrogen-bond acceptors (Lipinski definition) is 6. The highest BCUT2D eigenvalue weighted by Gasteiger charge is 2.28. The molecule has 178 valence electrons. The minimum absolute atomic E-state index is 0.164. The number of nitrogens with zero attached hydrogens (tertiary/aromatic N) is 2. The molecule has 2 aliphatic heterocycles. The van der Waals surface area contributed by atoms with Gasteiger partial charge in [0.05, 0.1) is 29.5 Å². The Kier molecular flexibility index (Phi) is 7.21. The zero-order valence-electron chi connectivity index (χ0n) is 19.2. The molecule has 0 aromatic heterocycles. The number of aryl methyl sites for hydroxylation is 2. The molecule has 33 heavy (non-hydrogen) atoms. The molecular weight excluding hydrogens is 442 g/mol. The Balaban J connectivity index is 1.54. The molecule has 4 rings (SSSR count). The number of carbonyl (C=O) groups excluding carboxylic acids is 1. The van der Waals surface area contributed by atoms with E-state index in [4.69, 9.17) is 9.47 Å². The largest absolute Gasteiger partial charge is 0.484 e. The van der Waals surface area contributed by atoms with E-state index in [1.165, 1.54) is 4.31 Å². The van der Waals surface area contributed by atoms with Crippen molar-refractivity contribution in [3.63, 3.8) is 0 Å². The van der Waals surface area contributed by atoms with E-state index < -0.39 is 10.0 Å². The van der Waals surface area contributed by atoms with Crippen LogP contribution in [0.2, 0.25) is 0 Å². The van der Waals surface area contributed by atoms with E-state index in [0.717, 1.165) is 42.7 Å². The number of morpholine rings is 1. The fourth-order valence-electron chi connectivity index (χ4n) is 4.08. The molecule has 2 saturated heterocycles. The zero-order chi connectivity index (χ0) is 23.4. The van der Waals surface area contributed by atoms with Crippen LogP contribution in [0, 0.1) is 13.8 Å². The maximum atomic E-state index is 13.1. The van der Waals surface area contributed by atoms with Crippen molar-refractivity contribution in [3.05, 3.63) is 47.5 Å². The van der Waals surface area contributed by atoms with Gasteiger partial charge in [-0.15, -0.1) is 0 Å². The van der Waals surface area contributed by atoms with Crippen LogP contribution in [0.15, 0.2) is 41.3 Å². The van der Waals surface area contributed by atoms with Crippen LogP contribution in [0.25, 0.3) is 0 Å². The zero-order valence-corrected chi connectivity index (χ0v) is 20.0. The molecule has 2 aromatic carbocycles. The van der Waals surface area contributed by atoms with Gasteiger partial charge in [-0.3, -0.25) is 4.79 Å². The average Bonchev–Trinajstić information content (AvgIpc) is 3.35. The van der Waals surface area contributed by atoms with E-state index in [1.54, 1.807) is 18.2 Å². The van der Waals surface area contributed by atoms with Crippen LogP contribution < -0.4 is 15.0 Å². The Morgan fingerprint density at radius 3 is 2.42 bits per heavy atom. The van der Waals surface area contributed by atoms with Gasteiger partial charge in [0, 0.05) is 26.2 Å². The quantitative estimate of drug-likeness (QED) is 0.665. The minimum atomic E-state index is -3.67. The Hall–Kier alpha value is -2.62. The van der Waals surface area contributed by atoms with Gasteiger partial charge >= 0.3 is 0 Å². The maximum Gasteiger partial charge on any atom is 0.262 e. The molecule has 0 radical (unpaired) electrons. The highest BCUT2D eigenvalue weighted by molar-refractivity contribution is 7.89. The highest BCUT2D eigenvalue weighted by Crippen LogP contribution is 2.32. The fourth-order valence-corrected chi connectivity index (χ4v) is 5.52. The second-order valence-electron chi connectivity index (χ2n) is 8.47. The first-order valence-corrected chi connectivity index (χ1v) is 12.8. The summed E-state index contributed by atoms with van der Waals surface area (Å²) >= 11 is 0. The van der Waals surface area contributed by atoms with Gasteiger partial charge in [-0.2, -0.15) is 4.31 Å². The van der Waals surface area contributed by atoms with Crippen molar-refractivity contribution in [1.29, 1.82) is 0 Å². The predicted octanol–water partition coefficient (Wildman–Crippen LogP) is 2.94. The van der Waals surface area contributed by atoms with Gasteiger partial charge in [0.25, 0.3) is 5.91 Å². The van der Waals surface area contributed by atoms with Crippen molar-refractivity contribution >= 4 is 27.3 Å². The lowest BCUT2D eigenvalue weighted by Gasteiger charge is -2.27. The van der Waals surface area contributed by atoms with E-state index in [9.17, 15) is 13.2 Å². The number of anilines is 2. The van der Waals surface area contributed by atoms with E-state index in [1.807, 2.05) is 32.0 Å². The Bertz CT molecular complexity index is 1110. The topological polar surface area (TPSA) is 88.2 Å². The number of rotatable bonds is 7. The van der Waals surface area contributed by atoms with Crippen molar-refractivity contribution in [2.24, 2.45) is 0 Å². The molecule has 9 heteroatoms. The SMILES string of the molecule is Cc1ccc(OCC(=O)Nc2cc(S(=O)(=O)N3CCOCC3)ccc2N2CCCC2)cc1C. The standard InChI is InChI=1S/C24H31N3O5S/c1-18-5-6-20(15-19(18)2)32-17-24(28)25-22-16-21(7-8-23(22)26-9-3-4-10-26)33(29,30)27-11-13-31-14-12-27/h5-8,15-16H,3-4,9-14,17H2,1-2H3,(H,25,28). The number of hydrogen-bond donors (Lipinski definition) is 1. The maximum absolute atomic E-state index is 13.1. The van der Waals surface area contributed by atoms with Crippen LogP contribution in [0.3, 0.4) is 0 Å². The van der Waals surface area contributed by atoms with Gasteiger partial charge in [-0.1, -0.05) is 6.07 Å². The third kappa shape index (κ3) is 5.48. The molecule has 2 aromatic rings. The van der Waals surface area contributed by atoms with E-state index >= 15 is 0 Å². The van der Waals surface area contributed by atoms with Gasteiger partial charge in [0.2, 0.25) is 10.0 Å². The van der Waals surface area contributed by atoms with Gasteiger partial charge in [0.15, 0.2) is 6.61 Å². The van der Waals surface area contributed by atoms with Crippen LogP contribution >= 0.6 is 0 Å². The first-order valence-electron chi connectivity index (χ1n) is 11.3. The third-order valence-electron chi connectivity index (χ3n) is 6.14. The minimum Gasteiger partial charge on any atom is -0.484 e. The summed E-state index contributed by atoms with van der Waals surface area (Å²) in [6.45, 7) is 6.99. The summed E-state index contributed by atoms with van der Waals surface area (Å²) in [5.74, 6) is 0.284. The first-order chi connectivity index (χ1) is 15.8. The van der Waals surface area contributed by atoms with Crippen molar-refractivity contribution in [2.45, 2.75) is 31.6 Å². The normalized spacial score (nSPS) is 17.2. The summed E-state index contributed by atoms with van der Waals surface area (Å²) in [6, 6.07) is 10.7. The summed E-state index contributed by atoms with van der Waals surface area (Å²) in [6.07, 6.45) is 2.13. The second-order valence-corrected chi connectivity index (χ2v) is 10.4. The molecule has 0 atom stereocenters. The van der Waals surface area contributed by atoms with Crippen LogP contribution in [-0.2, 0) is 19.6 Å². The molecule has 1 N–H and O–H groups in total. The first kappa shape index (κ1) is 23.5. The molecule has 0 aliphatic carbocycles. The number of ether oxygens (including phenoxy) is 2. The van der Waals surface area contributed by atoms with E-state index in [0.29, 0.717) is 37.7 Å². The highest BCUT2D eigenvalue weighted by atomic mass is 32.2. The monoisotopic (exact) mass is 473 g/mol. The van der Waals surface area contributed by atoms with E-state index in [2.05, 4.69) is 10.2 Å². The van der Waals surface area contributed by atoms with Gasteiger partial charge in [-0.25, -0.2) is 8.42 Å². The van der Waals surface area contributed by atoms with Crippen molar-refractivity contribution in [1.82, 2.24) is 4.31 Å². The molecule has 2 fully saturated rings. The van der Waals surface area contributed by atoms with Crippen LogP contribution in [0.5, 0.6) is 5.75 Å². The van der Waals surface area contributed by atoms with Crippen molar-refractivity contribution in [3.8, 4) is 5.75 Å². The van der Waals surface area contributed by atoms with Gasteiger partial charge in [0.1, 0.15) is 5.75 Å². The molecule has 0 unspecified atom stereocenters. The second kappa shape index (κ2) is 10.1. The van der Waals surface area contributed by atoms with Crippen molar-refractivity contribution in [2.75, 3.05) is 56.2 Å². The summed E-state index contributed by atoms with van der Waals surface area (Å²) in [5, 5.41) is 2.89. The summed E-state index contributed by atoms with van der Waals surface area (Å²) in [7, 11) is -3.67. The van der Waals surface area contributed by atoms with Crippen LogP contribution in [0.4, 0.5) is 11.4 Å². The Labute approximate surface area is 195 Å². The molecule has 8 nitrogen and oxygen atoms in total. The molecule has 0 saturated carbocycles. The Morgan fingerprint density at radius 2 is 1.73 bits per heavy atom. The fraction of sp³-hybridized carbons (Fsp3) is 0.458.